The van der Waals surface area contributed by atoms with E-state index in [2.05, 4.69) is 21.1 Å². The van der Waals surface area contributed by atoms with Crippen molar-refractivity contribution in [3.63, 3.8) is 0 Å². The molecular weight excluding hydrogens is 375 g/mol. The van der Waals surface area contributed by atoms with Crippen molar-refractivity contribution in [2.75, 3.05) is 5.73 Å². The van der Waals surface area contributed by atoms with Gasteiger partial charge in [-0.05, 0) is 23.8 Å². The van der Waals surface area contributed by atoms with E-state index in [0.29, 0.717) is 21.3 Å². The van der Waals surface area contributed by atoms with Gasteiger partial charge in [0.2, 0.25) is 5.88 Å². The zero-order valence-corrected chi connectivity index (χ0v) is 13.7. The van der Waals surface area contributed by atoms with E-state index in [1.807, 2.05) is 30.3 Å². The Morgan fingerprint density at radius 1 is 1.05 bits per heavy atom. The minimum absolute atomic E-state index is 0.235. The molecule has 0 radical (unpaired) electrons. The van der Waals surface area contributed by atoms with E-state index in [-0.39, 0.29) is 5.88 Å². The van der Waals surface area contributed by atoms with E-state index in [1.54, 1.807) is 12.1 Å². The molecule has 21 heavy (non-hydrogen) atoms. The number of anilines is 1. The van der Waals surface area contributed by atoms with Gasteiger partial charge >= 0.3 is 0 Å². The van der Waals surface area contributed by atoms with Crippen LogP contribution in [0.1, 0.15) is 0 Å². The van der Waals surface area contributed by atoms with Gasteiger partial charge in [0, 0.05) is 10.0 Å². The fraction of sp³-hybridized carbons (Fsp3) is 0. The zero-order chi connectivity index (χ0) is 15.0. The summed E-state index contributed by atoms with van der Waals surface area (Å²) in [6.45, 7) is 0. The van der Waals surface area contributed by atoms with Crippen molar-refractivity contribution in [1.29, 1.82) is 0 Å². The van der Waals surface area contributed by atoms with Crippen molar-refractivity contribution in [2.24, 2.45) is 0 Å². The minimum Gasteiger partial charge on any atom is -0.367 e. The summed E-state index contributed by atoms with van der Waals surface area (Å²) in [5.41, 5.74) is 8.96. The standard InChI is InChI=1S/C15H9BrCl2N2O/c16-10-4-2-1-3-9(10)14-13(15(19)21-20-14)8-5-6-11(17)12(18)7-8/h1-7H,19H2. The molecule has 0 amide bonds. The molecule has 1 heterocycles. The van der Waals surface area contributed by atoms with Crippen molar-refractivity contribution in [3.05, 3.63) is 57.0 Å². The van der Waals surface area contributed by atoms with Gasteiger partial charge < -0.3 is 10.3 Å². The Hall–Kier alpha value is -1.49. The zero-order valence-electron chi connectivity index (χ0n) is 10.6. The Morgan fingerprint density at radius 2 is 1.81 bits per heavy atom. The third kappa shape index (κ3) is 2.67. The van der Waals surface area contributed by atoms with Gasteiger partial charge in [-0.25, -0.2) is 0 Å². The Morgan fingerprint density at radius 3 is 2.52 bits per heavy atom. The van der Waals surface area contributed by atoms with E-state index in [9.17, 15) is 0 Å². The molecule has 3 rings (SSSR count). The summed E-state index contributed by atoms with van der Waals surface area (Å²) >= 11 is 15.5. The van der Waals surface area contributed by atoms with Crippen molar-refractivity contribution >= 4 is 45.0 Å². The molecule has 3 nitrogen and oxygen atoms in total. The van der Waals surface area contributed by atoms with Crippen LogP contribution in [0.4, 0.5) is 5.88 Å². The lowest BCUT2D eigenvalue weighted by Crippen LogP contribution is -1.88. The first-order chi connectivity index (χ1) is 10.1. The van der Waals surface area contributed by atoms with Crippen molar-refractivity contribution < 1.29 is 4.52 Å². The van der Waals surface area contributed by atoms with Gasteiger partial charge in [0.05, 0.1) is 15.6 Å². The number of nitrogens with zero attached hydrogens (tertiary/aromatic N) is 1. The number of halogens is 3. The highest BCUT2D eigenvalue weighted by molar-refractivity contribution is 9.10. The minimum atomic E-state index is 0.235. The molecule has 0 atom stereocenters. The number of benzene rings is 2. The lowest BCUT2D eigenvalue weighted by molar-refractivity contribution is 0.439. The first kappa shape index (κ1) is 14.4. The van der Waals surface area contributed by atoms with Crippen LogP contribution in [0.5, 0.6) is 0 Å². The molecule has 0 spiro atoms. The van der Waals surface area contributed by atoms with E-state index in [1.165, 1.54) is 0 Å². The van der Waals surface area contributed by atoms with Gasteiger partial charge in [0.1, 0.15) is 5.69 Å². The smallest absolute Gasteiger partial charge is 0.230 e. The molecule has 0 fully saturated rings. The maximum Gasteiger partial charge on any atom is 0.230 e. The summed E-state index contributed by atoms with van der Waals surface area (Å²) in [4.78, 5) is 0. The second kappa shape index (κ2) is 5.72. The van der Waals surface area contributed by atoms with Crippen LogP contribution in [-0.4, -0.2) is 5.16 Å². The molecular formula is C15H9BrCl2N2O. The van der Waals surface area contributed by atoms with Crippen LogP contribution < -0.4 is 5.73 Å². The van der Waals surface area contributed by atoms with Gasteiger partial charge in [0.15, 0.2) is 0 Å². The summed E-state index contributed by atoms with van der Waals surface area (Å²) < 4.78 is 6.06. The highest BCUT2D eigenvalue weighted by Crippen LogP contribution is 2.40. The number of nitrogens with two attached hydrogens (primary N) is 1. The second-order valence-corrected chi connectivity index (χ2v) is 6.05. The normalized spacial score (nSPS) is 10.8. The van der Waals surface area contributed by atoms with Gasteiger partial charge in [-0.2, -0.15) is 0 Å². The van der Waals surface area contributed by atoms with Crippen LogP contribution in [0, 0.1) is 0 Å². The molecule has 2 aromatic carbocycles. The molecule has 6 heteroatoms. The predicted octanol–water partition coefficient (Wildman–Crippen LogP) is 5.66. The maximum atomic E-state index is 6.08. The Labute approximate surface area is 139 Å². The fourth-order valence-electron chi connectivity index (χ4n) is 2.07. The average Bonchev–Trinajstić information content (AvgIpc) is 2.84. The second-order valence-electron chi connectivity index (χ2n) is 4.38. The first-order valence-corrected chi connectivity index (χ1v) is 7.58. The number of nitrogen functional groups attached to an aromatic ring is 1. The number of hydrogen-bond donors (Lipinski definition) is 1. The lowest BCUT2D eigenvalue weighted by atomic mass is 10.0. The summed E-state index contributed by atoms with van der Waals surface area (Å²) in [5, 5.41) is 5.01. The van der Waals surface area contributed by atoms with Crippen LogP contribution in [0.2, 0.25) is 10.0 Å². The quantitative estimate of drug-likeness (QED) is 0.621. The van der Waals surface area contributed by atoms with E-state index < -0.39 is 0 Å². The molecule has 0 saturated heterocycles. The largest absolute Gasteiger partial charge is 0.367 e. The maximum absolute atomic E-state index is 6.08. The predicted molar refractivity (Wildman–Crippen MR) is 89.5 cm³/mol. The summed E-state index contributed by atoms with van der Waals surface area (Å²) in [5.74, 6) is 0.235. The molecule has 0 aliphatic rings. The Kier molecular flexibility index (Phi) is 3.93. The number of aromatic nitrogens is 1. The highest BCUT2D eigenvalue weighted by Gasteiger charge is 2.19. The van der Waals surface area contributed by atoms with Gasteiger partial charge in [-0.3, -0.25) is 0 Å². The summed E-state index contributed by atoms with van der Waals surface area (Å²) in [7, 11) is 0. The number of rotatable bonds is 2. The molecule has 106 valence electrons. The van der Waals surface area contributed by atoms with Crippen LogP contribution in [0.3, 0.4) is 0 Å². The fourth-order valence-corrected chi connectivity index (χ4v) is 2.84. The van der Waals surface area contributed by atoms with Crippen LogP contribution in [-0.2, 0) is 0 Å². The van der Waals surface area contributed by atoms with Crippen LogP contribution >= 0.6 is 39.1 Å². The summed E-state index contributed by atoms with van der Waals surface area (Å²) in [6, 6.07) is 13.0. The average molecular weight is 384 g/mol. The number of hydrogen-bond acceptors (Lipinski definition) is 3. The summed E-state index contributed by atoms with van der Waals surface area (Å²) in [6.07, 6.45) is 0. The topological polar surface area (TPSA) is 52.0 Å². The molecule has 2 N–H and O–H groups in total. The van der Waals surface area contributed by atoms with Crippen molar-refractivity contribution in [1.82, 2.24) is 5.16 Å². The molecule has 0 aliphatic heterocycles. The van der Waals surface area contributed by atoms with Gasteiger partial charge in [-0.1, -0.05) is 68.6 Å². The van der Waals surface area contributed by atoms with Crippen LogP contribution in [0.15, 0.2) is 51.5 Å². The molecule has 0 aliphatic carbocycles. The third-order valence-electron chi connectivity index (χ3n) is 3.06. The van der Waals surface area contributed by atoms with Crippen molar-refractivity contribution in [3.8, 4) is 22.4 Å². The first-order valence-electron chi connectivity index (χ1n) is 6.03. The lowest BCUT2D eigenvalue weighted by Gasteiger charge is -2.06. The molecule has 3 aromatic rings. The third-order valence-corrected chi connectivity index (χ3v) is 4.49. The SMILES string of the molecule is Nc1onc(-c2ccccc2Br)c1-c1ccc(Cl)c(Cl)c1. The van der Waals surface area contributed by atoms with E-state index in [4.69, 9.17) is 33.5 Å². The van der Waals surface area contributed by atoms with E-state index >= 15 is 0 Å². The molecule has 1 aromatic heterocycles. The highest BCUT2D eigenvalue weighted by atomic mass is 79.9. The molecule has 0 saturated carbocycles. The van der Waals surface area contributed by atoms with Gasteiger partial charge in [-0.15, -0.1) is 0 Å². The van der Waals surface area contributed by atoms with Gasteiger partial charge in [0.25, 0.3) is 0 Å². The Balaban J connectivity index is 2.22. The van der Waals surface area contributed by atoms with Crippen molar-refractivity contribution in [2.45, 2.75) is 0 Å². The Bertz CT molecular complexity index is 817. The van der Waals surface area contributed by atoms with E-state index in [0.717, 1.165) is 15.6 Å². The molecule has 0 unspecified atom stereocenters. The molecule has 0 bridgehead atoms. The van der Waals surface area contributed by atoms with Crippen LogP contribution in [0.25, 0.3) is 22.4 Å². The monoisotopic (exact) mass is 382 g/mol.